The molecule has 39 heavy (non-hydrogen) atoms. The van der Waals surface area contributed by atoms with Gasteiger partial charge in [0, 0.05) is 41.7 Å². The number of benzene rings is 2. The van der Waals surface area contributed by atoms with E-state index >= 15 is 0 Å². The molecule has 2 saturated carbocycles. The van der Waals surface area contributed by atoms with E-state index in [2.05, 4.69) is 17.5 Å². The number of rotatable bonds is 6. The molecule has 2 heterocycles. The van der Waals surface area contributed by atoms with Gasteiger partial charge in [-0.15, -0.1) is 0 Å². The average molecular weight is 551 g/mol. The number of ketones is 1. The van der Waals surface area contributed by atoms with Gasteiger partial charge in [-0.25, -0.2) is 8.78 Å². The third kappa shape index (κ3) is 5.14. The lowest BCUT2D eigenvalue weighted by molar-refractivity contribution is -0.131. The molecule has 0 saturated heterocycles. The molecule has 2 fully saturated rings. The molecule has 0 atom stereocenters. The van der Waals surface area contributed by atoms with Crippen molar-refractivity contribution in [2.45, 2.75) is 62.2 Å². The standard InChI is InChI=1S/C30H28F2N2O4S/c31-30(32)9-7-29(8-10-30,26(35)16-28(18-33)5-6-28)34-27(36)25-15-21-3-1-20(14-24(21)38-25)19-2-4-22-17-39-12-11-37-23(22)13-19/h1-4,13-15H,5-12,16-17H2,(H,34,36). The van der Waals surface area contributed by atoms with Crippen LogP contribution < -0.4 is 10.1 Å². The Morgan fingerprint density at radius 3 is 2.49 bits per heavy atom. The van der Waals surface area contributed by atoms with Gasteiger partial charge in [-0.3, -0.25) is 9.59 Å². The number of nitrogens with zero attached hydrogens (tertiary/aromatic N) is 1. The molecule has 3 aromatic rings. The molecular weight excluding hydrogens is 522 g/mol. The fourth-order valence-electron chi connectivity index (χ4n) is 5.45. The molecule has 1 aliphatic heterocycles. The Balaban J connectivity index is 1.25. The number of nitrogens with one attached hydrogen (secondary N) is 1. The van der Waals surface area contributed by atoms with E-state index in [9.17, 15) is 23.6 Å². The highest BCUT2D eigenvalue weighted by molar-refractivity contribution is 7.98. The van der Waals surface area contributed by atoms with Gasteiger partial charge in [0.2, 0.25) is 5.92 Å². The van der Waals surface area contributed by atoms with Crippen molar-refractivity contribution in [3.05, 3.63) is 53.8 Å². The lowest BCUT2D eigenvalue weighted by atomic mass is 9.74. The predicted octanol–water partition coefficient (Wildman–Crippen LogP) is 6.67. The Bertz CT molecular complexity index is 1490. The van der Waals surface area contributed by atoms with Crippen LogP contribution in [0.15, 0.2) is 46.9 Å². The monoisotopic (exact) mass is 550 g/mol. The SMILES string of the molecule is N#CC1(CC(=O)C2(NC(=O)c3cc4ccc(-c5ccc6c(c5)OCCSC6)cc4o3)CCC(F)(F)CC2)CC1. The minimum atomic E-state index is -2.88. The van der Waals surface area contributed by atoms with Crippen LogP contribution in [0.5, 0.6) is 5.75 Å². The van der Waals surface area contributed by atoms with E-state index in [0.29, 0.717) is 30.4 Å². The molecule has 0 spiro atoms. The second-order valence-electron chi connectivity index (χ2n) is 11.0. The second-order valence-corrected chi connectivity index (χ2v) is 12.1. The van der Waals surface area contributed by atoms with E-state index < -0.39 is 35.6 Å². The van der Waals surface area contributed by atoms with Crippen LogP contribution in [0.3, 0.4) is 0 Å². The lowest BCUT2D eigenvalue weighted by Gasteiger charge is -2.39. The molecule has 202 valence electrons. The smallest absolute Gasteiger partial charge is 0.287 e. The van der Waals surface area contributed by atoms with Gasteiger partial charge in [-0.1, -0.05) is 24.3 Å². The number of furan rings is 1. The molecule has 0 unspecified atom stereocenters. The quantitative estimate of drug-likeness (QED) is 0.369. The summed E-state index contributed by atoms with van der Waals surface area (Å²) in [5.41, 5.74) is 1.36. The van der Waals surface area contributed by atoms with Crippen molar-refractivity contribution in [3.8, 4) is 22.9 Å². The molecule has 1 amide bonds. The molecule has 3 aliphatic rings. The summed E-state index contributed by atoms with van der Waals surface area (Å²) in [6.45, 7) is 0.663. The Morgan fingerprint density at radius 2 is 1.74 bits per heavy atom. The maximum atomic E-state index is 14.0. The summed E-state index contributed by atoms with van der Waals surface area (Å²) in [4.78, 5) is 26.7. The molecule has 0 bridgehead atoms. The van der Waals surface area contributed by atoms with Crippen LogP contribution in [-0.2, 0) is 10.5 Å². The van der Waals surface area contributed by atoms with Crippen molar-refractivity contribution in [2.75, 3.05) is 12.4 Å². The van der Waals surface area contributed by atoms with Gasteiger partial charge in [-0.2, -0.15) is 17.0 Å². The van der Waals surface area contributed by atoms with Crippen molar-refractivity contribution in [1.82, 2.24) is 5.32 Å². The zero-order chi connectivity index (χ0) is 27.3. The number of hydrogen-bond acceptors (Lipinski definition) is 6. The van der Waals surface area contributed by atoms with Crippen LogP contribution in [0.2, 0.25) is 0 Å². The number of thioether (sulfide) groups is 1. The maximum Gasteiger partial charge on any atom is 0.287 e. The molecule has 6 nitrogen and oxygen atoms in total. The lowest BCUT2D eigenvalue weighted by Crippen LogP contribution is -2.58. The van der Waals surface area contributed by atoms with Crippen molar-refractivity contribution < 1.29 is 27.5 Å². The van der Waals surface area contributed by atoms with Crippen LogP contribution in [0.1, 0.15) is 61.1 Å². The third-order valence-electron chi connectivity index (χ3n) is 8.20. The Labute approximate surface area is 229 Å². The summed E-state index contributed by atoms with van der Waals surface area (Å²) in [6, 6.07) is 15.6. The van der Waals surface area contributed by atoms with Gasteiger partial charge >= 0.3 is 0 Å². The molecule has 2 aliphatic carbocycles. The van der Waals surface area contributed by atoms with Crippen LogP contribution in [0.25, 0.3) is 22.1 Å². The molecule has 2 aromatic carbocycles. The summed E-state index contributed by atoms with van der Waals surface area (Å²) in [6.07, 6.45) is -0.156. The summed E-state index contributed by atoms with van der Waals surface area (Å²) < 4.78 is 39.8. The zero-order valence-corrected chi connectivity index (χ0v) is 22.2. The predicted molar refractivity (Wildman–Crippen MR) is 144 cm³/mol. The Morgan fingerprint density at radius 1 is 1.00 bits per heavy atom. The van der Waals surface area contributed by atoms with E-state index in [1.807, 2.05) is 42.1 Å². The summed E-state index contributed by atoms with van der Waals surface area (Å²) in [7, 11) is 0. The Hall–Kier alpha value is -3.38. The van der Waals surface area contributed by atoms with E-state index in [-0.39, 0.29) is 30.8 Å². The fourth-order valence-corrected chi connectivity index (χ4v) is 6.26. The zero-order valence-electron chi connectivity index (χ0n) is 21.4. The van der Waals surface area contributed by atoms with Gasteiger partial charge < -0.3 is 14.5 Å². The van der Waals surface area contributed by atoms with Gasteiger partial charge in [0.05, 0.1) is 23.6 Å². The highest BCUT2D eigenvalue weighted by Crippen LogP contribution is 2.50. The number of nitriles is 1. The van der Waals surface area contributed by atoms with Gasteiger partial charge in [0.25, 0.3) is 5.91 Å². The van der Waals surface area contributed by atoms with Gasteiger partial charge in [0.1, 0.15) is 11.3 Å². The van der Waals surface area contributed by atoms with Crippen LogP contribution in [0.4, 0.5) is 8.78 Å². The number of ether oxygens (including phenoxy) is 1. The number of carbonyl (C=O) groups is 2. The summed E-state index contributed by atoms with van der Waals surface area (Å²) >= 11 is 1.84. The molecule has 1 aromatic heterocycles. The Kier molecular flexibility index (Phi) is 6.41. The first-order valence-corrected chi connectivity index (χ1v) is 14.4. The van der Waals surface area contributed by atoms with Gasteiger partial charge in [-0.05, 0) is 55.0 Å². The number of alkyl halides is 2. The normalized spacial score (nSPS) is 20.6. The molecule has 0 radical (unpaired) electrons. The first-order valence-electron chi connectivity index (χ1n) is 13.2. The first-order chi connectivity index (χ1) is 18.7. The van der Waals surface area contributed by atoms with E-state index in [1.54, 1.807) is 6.07 Å². The number of carbonyl (C=O) groups excluding carboxylic acids is 2. The summed E-state index contributed by atoms with van der Waals surface area (Å²) in [5, 5.41) is 12.9. The molecule has 6 rings (SSSR count). The topological polar surface area (TPSA) is 92.3 Å². The number of amides is 1. The largest absolute Gasteiger partial charge is 0.492 e. The van der Waals surface area contributed by atoms with Gasteiger partial charge in [0.15, 0.2) is 11.5 Å². The van der Waals surface area contributed by atoms with E-state index in [0.717, 1.165) is 33.9 Å². The molecule has 9 heteroatoms. The maximum absolute atomic E-state index is 14.0. The van der Waals surface area contributed by atoms with Crippen molar-refractivity contribution in [2.24, 2.45) is 5.41 Å². The van der Waals surface area contributed by atoms with Crippen LogP contribution in [0, 0.1) is 16.7 Å². The van der Waals surface area contributed by atoms with Crippen LogP contribution in [-0.4, -0.2) is 35.5 Å². The number of hydrogen-bond donors (Lipinski definition) is 1. The number of Topliss-reactive ketones (excluding diaryl/α,β-unsaturated/α-hetero) is 1. The van der Waals surface area contributed by atoms with Crippen molar-refractivity contribution in [3.63, 3.8) is 0 Å². The average Bonchev–Trinajstić information content (AvgIpc) is 3.63. The minimum absolute atomic E-state index is 0.00960. The highest BCUT2D eigenvalue weighted by atomic mass is 32.2. The number of fused-ring (bicyclic) bond motifs is 2. The highest BCUT2D eigenvalue weighted by Gasteiger charge is 2.53. The first kappa shape index (κ1) is 25.9. The van der Waals surface area contributed by atoms with Crippen molar-refractivity contribution in [1.29, 1.82) is 5.26 Å². The summed E-state index contributed by atoms with van der Waals surface area (Å²) in [5.74, 6) is -1.12. The molecule has 1 N–H and O–H groups in total. The van der Waals surface area contributed by atoms with Crippen molar-refractivity contribution >= 4 is 34.4 Å². The van der Waals surface area contributed by atoms with E-state index in [1.165, 1.54) is 0 Å². The number of halogens is 2. The van der Waals surface area contributed by atoms with E-state index in [4.69, 9.17) is 9.15 Å². The minimum Gasteiger partial charge on any atom is -0.492 e. The third-order valence-corrected chi connectivity index (χ3v) is 9.17. The fraction of sp³-hybridized carbons (Fsp3) is 0.433. The molecular formula is C30H28F2N2O4S. The second kappa shape index (κ2) is 9.67. The van der Waals surface area contributed by atoms with Crippen LogP contribution >= 0.6 is 11.8 Å².